The molecule has 0 heterocycles. The van der Waals surface area contributed by atoms with Gasteiger partial charge in [-0.05, 0) is 0 Å². The summed E-state index contributed by atoms with van der Waals surface area (Å²) < 4.78 is 39.7. The Hall–Kier alpha value is -0.141. The van der Waals surface area contributed by atoms with Crippen LogP contribution < -0.4 is 3.58 Å². The van der Waals surface area contributed by atoms with Crippen molar-refractivity contribution in [1.29, 1.82) is 0 Å². The monoisotopic (exact) mass is 395 g/mol. The van der Waals surface area contributed by atoms with E-state index in [1.807, 2.05) is 12.1 Å². The van der Waals surface area contributed by atoms with Crippen LogP contribution >= 0.6 is 0 Å². The number of nitrogens with zero attached hydrogens (tertiary/aromatic N) is 1. The van der Waals surface area contributed by atoms with Gasteiger partial charge in [0.05, 0.1) is 0 Å². The molecule has 0 aliphatic rings. The van der Waals surface area contributed by atoms with Gasteiger partial charge in [-0.2, -0.15) is 0 Å². The fourth-order valence-corrected chi connectivity index (χ4v) is 5.90. The molecule has 0 aromatic heterocycles. The third-order valence-electron chi connectivity index (χ3n) is 3.14. The molecule has 3 nitrogen and oxygen atoms in total. The van der Waals surface area contributed by atoms with Crippen molar-refractivity contribution in [2.75, 3.05) is 12.8 Å². The second-order valence-corrected chi connectivity index (χ2v) is 22.6. The summed E-state index contributed by atoms with van der Waals surface area (Å²) in [5, 5.41) is 0. The Morgan fingerprint density at radius 1 is 1.26 bits per heavy atom. The molecular formula is C13H22FNO2SSn. The van der Waals surface area contributed by atoms with E-state index in [-0.39, 0.29) is 18.1 Å². The molecule has 0 amide bonds. The van der Waals surface area contributed by atoms with Gasteiger partial charge in [0.1, 0.15) is 0 Å². The van der Waals surface area contributed by atoms with Crippen molar-refractivity contribution in [2.24, 2.45) is 0 Å². The van der Waals surface area contributed by atoms with Crippen molar-refractivity contribution < 1.29 is 12.8 Å². The van der Waals surface area contributed by atoms with Crippen LogP contribution in [0.15, 0.2) is 18.2 Å². The first-order valence-corrected chi connectivity index (χ1v) is 17.9. The zero-order valence-electron chi connectivity index (χ0n) is 12.2. The number of hydrogen-bond acceptors (Lipinski definition) is 2. The molecule has 108 valence electrons. The molecule has 6 heteroatoms. The summed E-state index contributed by atoms with van der Waals surface area (Å²) in [4.78, 5) is 6.74. The first-order chi connectivity index (χ1) is 8.58. The Balaban J connectivity index is 3.08. The van der Waals surface area contributed by atoms with Gasteiger partial charge >= 0.3 is 120 Å². The average Bonchev–Trinajstić information content (AvgIpc) is 2.30. The number of rotatable bonds is 5. The Kier molecular flexibility index (Phi) is 5.42. The van der Waals surface area contributed by atoms with Gasteiger partial charge in [-0.25, -0.2) is 0 Å². The molecule has 0 fully saturated rings. The van der Waals surface area contributed by atoms with Crippen LogP contribution in [0.3, 0.4) is 0 Å². The molecule has 0 spiro atoms. The maximum atomic E-state index is 13.8. The Bertz CT molecular complexity index is 552. The molecule has 0 radical (unpaired) electrons. The van der Waals surface area contributed by atoms with Crippen molar-refractivity contribution in [3.63, 3.8) is 0 Å². The number of halogens is 1. The van der Waals surface area contributed by atoms with Crippen molar-refractivity contribution in [3.05, 3.63) is 29.6 Å². The van der Waals surface area contributed by atoms with Crippen LogP contribution in [-0.4, -0.2) is 43.9 Å². The second kappa shape index (κ2) is 6.09. The third-order valence-corrected chi connectivity index (χ3v) is 10.8. The van der Waals surface area contributed by atoms with E-state index in [0.717, 1.165) is 0 Å². The minimum absolute atomic E-state index is 0.0311. The van der Waals surface area contributed by atoms with Gasteiger partial charge in [-0.15, -0.1) is 0 Å². The molecule has 0 N–H and O–H groups in total. The van der Waals surface area contributed by atoms with Gasteiger partial charge in [-0.3, -0.25) is 0 Å². The van der Waals surface area contributed by atoms with Crippen LogP contribution in [0, 0.1) is 5.82 Å². The van der Waals surface area contributed by atoms with Crippen LogP contribution in [0.4, 0.5) is 4.39 Å². The van der Waals surface area contributed by atoms with E-state index in [1.165, 1.54) is 21.0 Å². The summed E-state index contributed by atoms with van der Waals surface area (Å²) in [5.41, 5.74) is 0.462. The van der Waals surface area contributed by atoms with Gasteiger partial charge in [0.2, 0.25) is 0 Å². The summed E-state index contributed by atoms with van der Waals surface area (Å²) in [6.45, 7) is 1.68. The molecule has 0 aliphatic heterocycles. The molecule has 1 aromatic carbocycles. The van der Waals surface area contributed by atoms with Crippen molar-refractivity contribution in [3.8, 4) is 0 Å². The third kappa shape index (κ3) is 4.43. The predicted octanol–water partition coefficient (Wildman–Crippen LogP) is 2.15. The average molecular weight is 394 g/mol. The SMILES string of the molecule is CCS(=O)(=O)N(C)Cc1c[c]([Sn]([CH3])([CH3])[CH3])ccc1F. The second-order valence-electron chi connectivity index (χ2n) is 5.71. The van der Waals surface area contributed by atoms with Gasteiger partial charge in [0.25, 0.3) is 0 Å². The minimum atomic E-state index is -3.28. The summed E-state index contributed by atoms with van der Waals surface area (Å²) in [7, 11) is -1.79. The van der Waals surface area contributed by atoms with Gasteiger partial charge < -0.3 is 0 Å². The van der Waals surface area contributed by atoms with Crippen LogP contribution in [0.1, 0.15) is 12.5 Å². The van der Waals surface area contributed by atoms with Crippen LogP contribution in [0.2, 0.25) is 14.8 Å². The Labute approximate surface area is 119 Å². The molecule has 19 heavy (non-hydrogen) atoms. The molecule has 0 atom stereocenters. The number of hydrogen-bond donors (Lipinski definition) is 0. The van der Waals surface area contributed by atoms with E-state index >= 15 is 0 Å². The molecule has 1 aromatic rings. The number of benzene rings is 1. The van der Waals surface area contributed by atoms with Crippen LogP contribution in [-0.2, 0) is 16.6 Å². The first kappa shape index (κ1) is 16.9. The fourth-order valence-electron chi connectivity index (χ4n) is 1.72. The van der Waals surface area contributed by atoms with Crippen LogP contribution in [0.5, 0.6) is 0 Å². The van der Waals surface area contributed by atoms with E-state index in [4.69, 9.17) is 0 Å². The zero-order valence-corrected chi connectivity index (χ0v) is 15.9. The van der Waals surface area contributed by atoms with Crippen molar-refractivity contribution in [1.82, 2.24) is 4.31 Å². The molecule has 1 rings (SSSR count). The van der Waals surface area contributed by atoms with E-state index in [2.05, 4.69) is 14.8 Å². The zero-order chi connectivity index (χ0) is 14.8. The maximum absolute atomic E-state index is 13.8. The van der Waals surface area contributed by atoms with E-state index in [1.54, 1.807) is 6.92 Å². The summed E-state index contributed by atoms with van der Waals surface area (Å²) in [6, 6.07) is 5.13. The van der Waals surface area contributed by atoms with E-state index < -0.39 is 28.4 Å². The molecule has 0 aliphatic carbocycles. The Morgan fingerprint density at radius 2 is 1.84 bits per heavy atom. The van der Waals surface area contributed by atoms with Gasteiger partial charge in [0.15, 0.2) is 0 Å². The predicted molar refractivity (Wildman–Crippen MR) is 80.3 cm³/mol. The quantitative estimate of drug-likeness (QED) is 0.719. The summed E-state index contributed by atoms with van der Waals surface area (Å²) in [5.74, 6) is -0.305. The first-order valence-electron chi connectivity index (χ1n) is 6.31. The molecule has 0 unspecified atom stereocenters. The van der Waals surface area contributed by atoms with E-state index in [0.29, 0.717) is 5.56 Å². The topological polar surface area (TPSA) is 37.4 Å². The summed E-state index contributed by atoms with van der Waals surface area (Å²) in [6.07, 6.45) is 0. The van der Waals surface area contributed by atoms with Crippen molar-refractivity contribution >= 4 is 32.0 Å². The normalized spacial score (nSPS) is 13.0. The van der Waals surface area contributed by atoms with Gasteiger partial charge in [0, 0.05) is 0 Å². The standard InChI is InChI=1S/C10H13FNO2S.3CH3.Sn/c1-3-15(13,14)12(2)8-9-6-4-5-7-10(9)11;;;;/h5-7H,3,8H2,1-2H3;3*1H3;. The molecular weight excluding hydrogens is 372 g/mol. The number of sulfonamides is 1. The molecule has 0 saturated heterocycles. The molecule has 0 bridgehead atoms. The van der Waals surface area contributed by atoms with E-state index in [9.17, 15) is 12.8 Å². The fraction of sp³-hybridized carbons (Fsp3) is 0.538. The van der Waals surface area contributed by atoms with Crippen molar-refractivity contribution in [2.45, 2.75) is 28.3 Å². The van der Waals surface area contributed by atoms with Gasteiger partial charge in [-0.1, -0.05) is 0 Å². The Morgan fingerprint density at radius 3 is 2.32 bits per heavy atom. The summed E-state index contributed by atoms with van der Waals surface area (Å²) >= 11 is -2.26. The molecule has 0 saturated carbocycles. The van der Waals surface area contributed by atoms with Crippen LogP contribution in [0.25, 0.3) is 0 Å².